The summed E-state index contributed by atoms with van der Waals surface area (Å²) in [6, 6.07) is 1.98. The molecule has 1 aliphatic rings. The van der Waals surface area contributed by atoms with E-state index in [1.165, 1.54) is 0 Å². The number of nitrogens with zero attached hydrogens (tertiary/aromatic N) is 3. The van der Waals surface area contributed by atoms with Gasteiger partial charge in [-0.25, -0.2) is 0 Å². The Kier molecular flexibility index (Phi) is 4.74. The van der Waals surface area contributed by atoms with Gasteiger partial charge in [0.15, 0.2) is 0 Å². The SMILES string of the molecule is CN1CCN(/C=C(/C#N)C(=O)NC(C)(C)C)CC1. The van der Waals surface area contributed by atoms with Crippen LogP contribution in [0.3, 0.4) is 0 Å². The molecule has 1 amide bonds. The Morgan fingerprint density at radius 1 is 1.28 bits per heavy atom. The number of hydrogen-bond acceptors (Lipinski definition) is 4. The van der Waals surface area contributed by atoms with Gasteiger partial charge in [0.05, 0.1) is 0 Å². The molecule has 0 saturated carbocycles. The number of amides is 1. The molecule has 5 heteroatoms. The fourth-order valence-electron chi connectivity index (χ4n) is 1.68. The van der Waals surface area contributed by atoms with Crippen LogP contribution in [-0.2, 0) is 4.79 Å². The van der Waals surface area contributed by atoms with Crippen molar-refractivity contribution >= 4 is 5.91 Å². The maximum Gasteiger partial charge on any atom is 0.263 e. The van der Waals surface area contributed by atoms with Crippen LogP contribution in [0.1, 0.15) is 20.8 Å². The Morgan fingerprint density at radius 2 is 1.83 bits per heavy atom. The van der Waals surface area contributed by atoms with Crippen LogP contribution < -0.4 is 5.32 Å². The van der Waals surface area contributed by atoms with Crippen LogP contribution in [0.2, 0.25) is 0 Å². The summed E-state index contributed by atoms with van der Waals surface area (Å²) in [7, 11) is 2.07. The van der Waals surface area contributed by atoms with Crippen molar-refractivity contribution in [1.82, 2.24) is 15.1 Å². The van der Waals surface area contributed by atoms with E-state index in [0.29, 0.717) is 0 Å². The lowest BCUT2D eigenvalue weighted by Gasteiger charge is -2.31. The molecule has 0 aromatic rings. The van der Waals surface area contributed by atoms with E-state index < -0.39 is 0 Å². The zero-order valence-corrected chi connectivity index (χ0v) is 11.7. The van der Waals surface area contributed by atoms with E-state index >= 15 is 0 Å². The average Bonchev–Trinajstić information content (AvgIpc) is 2.25. The monoisotopic (exact) mass is 250 g/mol. The molecule has 0 atom stereocenters. The molecular weight excluding hydrogens is 228 g/mol. The Bertz CT molecular complexity index is 367. The molecule has 0 aromatic carbocycles. The van der Waals surface area contributed by atoms with Gasteiger partial charge in [-0.15, -0.1) is 0 Å². The first-order valence-corrected chi connectivity index (χ1v) is 6.19. The zero-order chi connectivity index (χ0) is 13.8. The first kappa shape index (κ1) is 14.5. The predicted molar refractivity (Wildman–Crippen MR) is 70.7 cm³/mol. The van der Waals surface area contributed by atoms with Gasteiger partial charge in [-0.3, -0.25) is 4.79 Å². The molecule has 18 heavy (non-hydrogen) atoms. The Balaban J connectivity index is 2.66. The van der Waals surface area contributed by atoms with Gasteiger partial charge in [0.25, 0.3) is 5.91 Å². The highest BCUT2D eigenvalue weighted by atomic mass is 16.1. The summed E-state index contributed by atoms with van der Waals surface area (Å²) in [6.45, 7) is 9.31. The summed E-state index contributed by atoms with van der Waals surface area (Å²) in [5, 5.41) is 11.9. The zero-order valence-electron chi connectivity index (χ0n) is 11.7. The van der Waals surface area contributed by atoms with Crippen molar-refractivity contribution in [3.8, 4) is 6.07 Å². The van der Waals surface area contributed by atoms with Crippen molar-refractivity contribution in [2.45, 2.75) is 26.3 Å². The molecule has 0 unspecified atom stereocenters. The number of hydrogen-bond donors (Lipinski definition) is 1. The van der Waals surface area contributed by atoms with Crippen LogP contribution in [0.5, 0.6) is 0 Å². The van der Waals surface area contributed by atoms with Crippen molar-refractivity contribution in [3.63, 3.8) is 0 Å². The van der Waals surface area contributed by atoms with Crippen LogP contribution in [0.4, 0.5) is 0 Å². The Hall–Kier alpha value is -1.54. The maximum atomic E-state index is 11.9. The van der Waals surface area contributed by atoms with Crippen LogP contribution in [0, 0.1) is 11.3 Å². The van der Waals surface area contributed by atoms with Crippen molar-refractivity contribution < 1.29 is 4.79 Å². The highest BCUT2D eigenvalue weighted by Crippen LogP contribution is 2.06. The first-order valence-electron chi connectivity index (χ1n) is 6.19. The molecular formula is C13H22N4O. The molecule has 1 fully saturated rings. The minimum atomic E-state index is -0.324. The highest BCUT2D eigenvalue weighted by molar-refractivity contribution is 5.97. The summed E-state index contributed by atoms with van der Waals surface area (Å²) in [5.41, 5.74) is -0.149. The number of rotatable bonds is 2. The van der Waals surface area contributed by atoms with Gasteiger partial charge in [0.1, 0.15) is 11.6 Å². The van der Waals surface area contributed by atoms with Gasteiger partial charge in [-0.05, 0) is 27.8 Å². The van der Waals surface area contributed by atoms with Crippen LogP contribution in [0.15, 0.2) is 11.8 Å². The summed E-state index contributed by atoms with van der Waals surface area (Å²) in [6.07, 6.45) is 1.67. The second-order valence-corrected chi connectivity index (χ2v) is 5.70. The molecule has 0 spiro atoms. The molecule has 1 N–H and O–H groups in total. The average molecular weight is 250 g/mol. The fraction of sp³-hybridized carbons (Fsp3) is 0.692. The molecule has 100 valence electrons. The molecule has 1 aliphatic heterocycles. The van der Waals surface area contributed by atoms with Gasteiger partial charge in [0.2, 0.25) is 0 Å². The topological polar surface area (TPSA) is 59.4 Å². The van der Waals surface area contributed by atoms with Crippen molar-refractivity contribution in [1.29, 1.82) is 5.26 Å². The van der Waals surface area contributed by atoms with Crippen LogP contribution in [0.25, 0.3) is 0 Å². The second kappa shape index (κ2) is 5.87. The maximum absolute atomic E-state index is 11.9. The van der Waals surface area contributed by atoms with E-state index in [-0.39, 0.29) is 17.0 Å². The van der Waals surface area contributed by atoms with Gasteiger partial charge < -0.3 is 15.1 Å². The Morgan fingerprint density at radius 3 is 2.28 bits per heavy atom. The third-order valence-corrected chi connectivity index (χ3v) is 2.70. The lowest BCUT2D eigenvalue weighted by Crippen LogP contribution is -2.44. The normalized spacial score (nSPS) is 18.4. The van der Waals surface area contributed by atoms with Crippen molar-refractivity contribution in [2.75, 3.05) is 33.2 Å². The molecule has 1 saturated heterocycles. The van der Waals surface area contributed by atoms with Crippen LogP contribution in [-0.4, -0.2) is 54.5 Å². The smallest absolute Gasteiger partial charge is 0.263 e. The molecule has 0 radical (unpaired) electrons. The highest BCUT2D eigenvalue weighted by Gasteiger charge is 2.19. The molecule has 1 rings (SSSR count). The Labute approximate surface area is 109 Å². The van der Waals surface area contributed by atoms with Crippen LogP contribution >= 0.6 is 0 Å². The summed E-state index contributed by atoms with van der Waals surface area (Å²) < 4.78 is 0. The quantitative estimate of drug-likeness (QED) is 0.574. The summed E-state index contributed by atoms with van der Waals surface area (Å²) in [5.74, 6) is -0.302. The predicted octanol–water partition coefficient (Wildman–Crippen LogP) is 0.556. The third kappa shape index (κ3) is 4.76. The summed E-state index contributed by atoms with van der Waals surface area (Å²) in [4.78, 5) is 16.1. The van der Waals surface area contributed by atoms with Gasteiger partial charge >= 0.3 is 0 Å². The lowest BCUT2D eigenvalue weighted by atomic mass is 10.1. The summed E-state index contributed by atoms with van der Waals surface area (Å²) >= 11 is 0. The van der Waals surface area contributed by atoms with E-state index in [4.69, 9.17) is 5.26 Å². The van der Waals surface area contributed by atoms with Gasteiger partial charge in [0, 0.05) is 37.9 Å². The fourth-order valence-corrected chi connectivity index (χ4v) is 1.68. The number of nitrogens with one attached hydrogen (secondary N) is 1. The standard InChI is InChI=1S/C13H22N4O/c1-13(2,3)15-12(18)11(9-14)10-17-7-5-16(4)6-8-17/h10H,5-8H2,1-4H3,(H,15,18)/b11-10-. The minimum absolute atomic E-state index is 0.175. The number of likely N-dealkylation sites (N-methyl/N-ethyl adjacent to an activating group) is 1. The van der Waals surface area contributed by atoms with Crippen molar-refractivity contribution in [2.24, 2.45) is 0 Å². The van der Waals surface area contributed by atoms with E-state index in [0.717, 1.165) is 26.2 Å². The minimum Gasteiger partial charge on any atom is -0.374 e. The van der Waals surface area contributed by atoms with Crippen molar-refractivity contribution in [3.05, 3.63) is 11.8 Å². The number of carbonyl (C=O) groups is 1. The molecule has 5 nitrogen and oxygen atoms in total. The number of carbonyl (C=O) groups excluding carboxylic acids is 1. The molecule has 0 bridgehead atoms. The number of piperazine rings is 1. The molecule has 1 heterocycles. The van der Waals surface area contributed by atoms with E-state index in [9.17, 15) is 4.79 Å². The molecule has 0 aliphatic carbocycles. The molecule has 0 aromatic heterocycles. The number of nitriles is 1. The van der Waals surface area contributed by atoms with E-state index in [2.05, 4.69) is 17.3 Å². The lowest BCUT2D eigenvalue weighted by molar-refractivity contribution is -0.118. The third-order valence-electron chi connectivity index (χ3n) is 2.70. The van der Waals surface area contributed by atoms with E-state index in [1.54, 1.807) is 6.20 Å². The largest absolute Gasteiger partial charge is 0.374 e. The second-order valence-electron chi connectivity index (χ2n) is 5.70. The first-order chi connectivity index (χ1) is 8.31. The van der Waals surface area contributed by atoms with E-state index in [1.807, 2.05) is 31.7 Å². The van der Waals surface area contributed by atoms with Gasteiger partial charge in [-0.1, -0.05) is 0 Å². The van der Waals surface area contributed by atoms with Gasteiger partial charge in [-0.2, -0.15) is 5.26 Å².